The maximum absolute atomic E-state index is 12.2. The number of amides is 1. The quantitative estimate of drug-likeness (QED) is 0.590. The van der Waals surface area contributed by atoms with Crippen LogP contribution in [0.1, 0.15) is 0 Å². The van der Waals surface area contributed by atoms with Crippen molar-refractivity contribution in [1.82, 2.24) is 14.8 Å². The zero-order valence-corrected chi connectivity index (χ0v) is 16.9. The van der Waals surface area contributed by atoms with Gasteiger partial charge in [-0.05, 0) is 42.5 Å². The Morgan fingerprint density at radius 2 is 1.81 bits per heavy atom. The van der Waals surface area contributed by atoms with E-state index in [1.807, 2.05) is 35.9 Å². The number of nitrogens with one attached hydrogen (secondary N) is 1. The summed E-state index contributed by atoms with van der Waals surface area (Å²) in [6, 6.07) is 12.4. The number of hydrogen-bond donors (Lipinski definition) is 1. The highest BCUT2D eigenvalue weighted by atomic mass is 35.5. The zero-order valence-electron chi connectivity index (χ0n) is 14.6. The van der Waals surface area contributed by atoms with Crippen LogP contribution >= 0.6 is 35.0 Å². The van der Waals surface area contributed by atoms with E-state index >= 15 is 0 Å². The molecule has 1 N–H and O–H groups in total. The molecule has 27 heavy (non-hydrogen) atoms. The zero-order chi connectivity index (χ0) is 19.4. The van der Waals surface area contributed by atoms with Crippen LogP contribution in [0.25, 0.3) is 11.4 Å². The Bertz CT molecular complexity index is 940. The number of ether oxygens (including phenoxy) is 1. The minimum atomic E-state index is -0.188. The van der Waals surface area contributed by atoms with Crippen molar-refractivity contribution in [2.24, 2.45) is 7.05 Å². The molecule has 0 saturated carbocycles. The average molecular weight is 423 g/mol. The first-order valence-electron chi connectivity index (χ1n) is 7.89. The summed E-state index contributed by atoms with van der Waals surface area (Å²) >= 11 is 13.2. The second-order valence-electron chi connectivity index (χ2n) is 5.59. The van der Waals surface area contributed by atoms with Crippen molar-refractivity contribution < 1.29 is 9.53 Å². The van der Waals surface area contributed by atoms with Crippen LogP contribution in [-0.2, 0) is 11.8 Å². The lowest BCUT2D eigenvalue weighted by atomic mass is 10.2. The van der Waals surface area contributed by atoms with Crippen LogP contribution in [0.15, 0.2) is 47.6 Å². The van der Waals surface area contributed by atoms with Crippen molar-refractivity contribution in [3.05, 3.63) is 52.5 Å². The van der Waals surface area contributed by atoms with Gasteiger partial charge in [0.15, 0.2) is 11.0 Å². The van der Waals surface area contributed by atoms with Gasteiger partial charge < -0.3 is 14.6 Å². The molecule has 0 saturated heterocycles. The van der Waals surface area contributed by atoms with Crippen LogP contribution in [0.2, 0.25) is 10.0 Å². The predicted octanol–water partition coefficient (Wildman–Crippen LogP) is 4.53. The molecule has 1 amide bonds. The third kappa shape index (κ3) is 4.94. The molecular formula is C18H16Cl2N4O2S. The van der Waals surface area contributed by atoms with E-state index in [9.17, 15) is 4.79 Å². The fraction of sp³-hybridized carbons (Fsp3) is 0.167. The number of nitrogens with zero attached hydrogens (tertiary/aromatic N) is 3. The van der Waals surface area contributed by atoms with Crippen LogP contribution in [-0.4, -0.2) is 33.5 Å². The van der Waals surface area contributed by atoms with Gasteiger partial charge in [-0.3, -0.25) is 4.79 Å². The fourth-order valence-electron chi connectivity index (χ4n) is 2.39. The third-order valence-electron chi connectivity index (χ3n) is 3.66. The number of hydrogen-bond acceptors (Lipinski definition) is 5. The average Bonchev–Trinajstić information content (AvgIpc) is 3.00. The molecule has 0 aliphatic heterocycles. The summed E-state index contributed by atoms with van der Waals surface area (Å²) in [6.45, 7) is 0. The van der Waals surface area contributed by atoms with Gasteiger partial charge in [0.25, 0.3) is 0 Å². The van der Waals surface area contributed by atoms with Gasteiger partial charge in [0.2, 0.25) is 5.91 Å². The summed E-state index contributed by atoms with van der Waals surface area (Å²) in [6.07, 6.45) is 0. The van der Waals surface area contributed by atoms with Crippen LogP contribution in [0.3, 0.4) is 0 Å². The second-order valence-corrected chi connectivity index (χ2v) is 7.40. The van der Waals surface area contributed by atoms with Gasteiger partial charge in [-0.2, -0.15) is 0 Å². The maximum atomic E-state index is 12.2. The first-order chi connectivity index (χ1) is 13.0. The van der Waals surface area contributed by atoms with Crippen molar-refractivity contribution in [2.45, 2.75) is 5.16 Å². The van der Waals surface area contributed by atoms with Gasteiger partial charge in [0.1, 0.15) is 5.75 Å². The van der Waals surface area contributed by atoms with E-state index < -0.39 is 0 Å². The summed E-state index contributed by atoms with van der Waals surface area (Å²) in [5, 5.41) is 12.7. The summed E-state index contributed by atoms with van der Waals surface area (Å²) in [7, 11) is 3.48. The Balaban J connectivity index is 1.64. The van der Waals surface area contributed by atoms with E-state index in [2.05, 4.69) is 15.5 Å². The Labute approximate surface area is 170 Å². The first kappa shape index (κ1) is 19.5. The summed E-state index contributed by atoms with van der Waals surface area (Å²) in [4.78, 5) is 12.2. The lowest BCUT2D eigenvalue weighted by Crippen LogP contribution is -2.14. The molecule has 0 atom stereocenters. The lowest BCUT2D eigenvalue weighted by Gasteiger charge is -2.07. The van der Waals surface area contributed by atoms with E-state index in [0.717, 1.165) is 11.3 Å². The molecule has 0 radical (unpaired) electrons. The Morgan fingerprint density at radius 3 is 2.44 bits per heavy atom. The second kappa shape index (κ2) is 8.65. The number of carbonyl (C=O) groups is 1. The summed E-state index contributed by atoms with van der Waals surface area (Å²) in [5.74, 6) is 1.47. The van der Waals surface area contributed by atoms with Crippen LogP contribution < -0.4 is 10.1 Å². The van der Waals surface area contributed by atoms with Gasteiger partial charge in [-0.25, -0.2) is 0 Å². The minimum absolute atomic E-state index is 0.179. The molecular weight excluding hydrogens is 407 g/mol. The van der Waals surface area contributed by atoms with Crippen molar-refractivity contribution in [3.8, 4) is 17.1 Å². The van der Waals surface area contributed by atoms with Gasteiger partial charge in [0, 0.05) is 28.3 Å². The van der Waals surface area contributed by atoms with E-state index in [4.69, 9.17) is 27.9 Å². The molecule has 140 valence electrons. The van der Waals surface area contributed by atoms with E-state index in [1.54, 1.807) is 25.3 Å². The molecule has 3 rings (SSSR count). The molecule has 6 nitrogen and oxygen atoms in total. The minimum Gasteiger partial charge on any atom is -0.497 e. The largest absolute Gasteiger partial charge is 0.497 e. The van der Waals surface area contributed by atoms with E-state index in [0.29, 0.717) is 26.7 Å². The van der Waals surface area contributed by atoms with Crippen molar-refractivity contribution in [3.63, 3.8) is 0 Å². The number of halogens is 2. The molecule has 9 heteroatoms. The van der Waals surface area contributed by atoms with Crippen molar-refractivity contribution >= 4 is 46.6 Å². The number of benzene rings is 2. The van der Waals surface area contributed by atoms with Gasteiger partial charge in [-0.1, -0.05) is 35.0 Å². The fourth-order valence-corrected chi connectivity index (χ4v) is 3.62. The maximum Gasteiger partial charge on any atom is 0.234 e. The normalized spacial score (nSPS) is 10.7. The van der Waals surface area contributed by atoms with Crippen LogP contribution in [0.5, 0.6) is 5.75 Å². The van der Waals surface area contributed by atoms with E-state index in [1.165, 1.54) is 11.8 Å². The number of anilines is 1. The summed E-state index contributed by atoms with van der Waals surface area (Å²) in [5.41, 5.74) is 1.46. The molecule has 0 fully saturated rings. The van der Waals surface area contributed by atoms with E-state index in [-0.39, 0.29) is 11.7 Å². The molecule has 2 aromatic carbocycles. The number of carbonyl (C=O) groups excluding carboxylic acids is 1. The number of methoxy groups -OCH3 is 1. The van der Waals surface area contributed by atoms with Crippen molar-refractivity contribution in [1.29, 1.82) is 0 Å². The number of thioether (sulfide) groups is 1. The smallest absolute Gasteiger partial charge is 0.234 e. The SMILES string of the molecule is COc1ccc(-c2nnc(SCC(=O)Nc3cc(Cl)cc(Cl)c3)n2C)cc1. The highest BCUT2D eigenvalue weighted by molar-refractivity contribution is 7.99. The molecule has 3 aromatic rings. The Hall–Kier alpha value is -2.22. The van der Waals surface area contributed by atoms with Crippen LogP contribution in [0.4, 0.5) is 5.69 Å². The Morgan fingerprint density at radius 1 is 1.15 bits per heavy atom. The van der Waals surface area contributed by atoms with Crippen molar-refractivity contribution in [2.75, 3.05) is 18.2 Å². The lowest BCUT2D eigenvalue weighted by molar-refractivity contribution is -0.113. The molecule has 0 bridgehead atoms. The van der Waals surface area contributed by atoms with Gasteiger partial charge in [-0.15, -0.1) is 10.2 Å². The number of aromatic nitrogens is 3. The van der Waals surface area contributed by atoms with Gasteiger partial charge >= 0.3 is 0 Å². The Kier molecular flexibility index (Phi) is 6.26. The standard InChI is InChI=1S/C18H16Cl2N4O2S/c1-24-17(11-3-5-15(26-2)6-4-11)22-23-18(24)27-10-16(25)21-14-8-12(19)7-13(20)9-14/h3-9H,10H2,1-2H3,(H,21,25). The topological polar surface area (TPSA) is 69.0 Å². The third-order valence-corrected chi connectivity index (χ3v) is 5.12. The highest BCUT2D eigenvalue weighted by Gasteiger charge is 2.13. The molecule has 0 unspecified atom stereocenters. The first-order valence-corrected chi connectivity index (χ1v) is 9.63. The molecule has 0 spiro atoms. The number of rotatable bonds is 6. The molecule has 1 aromatic heterocycles. The van der Waals surface area contributed by atoms with Gasteiger partial charge in [0.05, 0.1) is 12.9 Å². The molecule has 0 aliphatic rings. The molecule has 0 aliphatic carbocycles. The summed E-state index contributed by atoms with van der Waals surface area (Å²) < 4.78 is 7.00. The predicted molar refractivity (Wildman–Crippen MR) is 109 cm³/mol. The highest BCUT2D eigenvalue weighted by Crippen LogP contribution is 2.25. The molecule has 1 heterocycles. The monoisotopic (exact) mass is 422 g/mol. The van der Waals surface area contributed by atoms with Crippen LogP contribution in [0, 0.1) is 0 Å².